The Morgan fingerprint density at radius 1 is 1.30 bits per heavy atom. The monoisotopic (exact) mass is 460 g/mol. The Morgan fingerprint density at radius 2 is 2.07 bits per heavy atom. The summed E-state index contributed by atoms with van der Waals surface area (Å²) in [6, 6.07) is 13.0. The minimum Gasteiger partial charge on any atom is -0.456 e. The van der Waals surface area contributed by atoms with Crippen LogP contribution in [0.4, 0.5) is 4.79 Å². The SMILES string of the molecule is CN1C(=O)OCC1Cc1ccc(Oc2ccc(/C=C3/SC(=S)NC3=O)cc2Cl)cc1. The lowest BCUT2D eigenvalue weighted by Crippen LogP contribution is -2.30. The van der Waals surface area contributed by atoms with Gasteiger partial charge in [-0.3, -0.25) is 4.79 Å². The minimum atomic E-state index is -0.288. The first-order valence-electron chi connectivity index (χ1n) is 9.10. The molecule has 1 unspecified atom stereocenters. The normalized spacial score (nSPS) is 19.9. The van der Waals surface area contributed by atoms with E-state index in [1.807, 2.05) is 30.3 Å². The van der Waals surface area contributed by atoms with Gasteiger partial charge in [0.15, 0.2) is 0 Å². The summed E-state index contributed by atoms with van der Waals surface area (Å²) in [6.45, 7) is 0.400. The van der Waals surface area contributed by atoms with E-state index < -0.39 is 0 Å². The summed E-state index contributed by atoms with van der Waals surface area (Å²) in [5.41, 5.74) is 1.86. The van der Waals surface area contributed by atoms with Gasteiger partial charge in [0, 0.05) is 7.05 Å². The smallest absolute Gasteiger partial charge is 0.409 e. The third-order valence-corrected chi connectivity index (χ3v) is 6.21. The van der Waals surface area contributed by atoms with Gasteiger partial charge in [0.1, 0.15) is 22.4 Å². The summed E-state index contributed by atoms with van der Waals surface area (Å²) in [5, 5.41) is 3.01. The molecule has 0 aromatic heterocycles. The zero-order chi connectivity index (χ0) is 21.3. The number of halogens is 1. The third kappa shape index (κ3) is 4.61. The van der Waals surface area contributed by atoms with Gasteiger partial charge in [-0.2, -0.15) is 0 Å². The lowest BCUT2D eigenvalue weighted by atomic mass is 10.1. The molecule has 1 atom stereocenters. The van der Waals surface area contributed by atoms with Crippen LogP contribution in [-0.4, -0.2) is 40.9 Å². The van der Waals surface area contributed by atoms with E-state index in [1.165, 1.54) is 11.8 Å². The number of thioether (sulfide) groups is 1. The number of ether oxygens (including phenoxy) is 2. The fraction of sp³-hybridized carbons (Fsp3) is 0.190. The summed E-state index contributed by atoms with van der Waals surface area (Å²) in [6.07, 6.45) is 2.16. The number of amides is 2. The molecule has 0 bridgehead atoms. The molecule has 2 aromatic rings. The molecule has 9 heteroatoms. The van der Waals surface area contributed by atoms with Crippen LogP contribution < -0.4 is 10.1 Å². The molecule has 6 nitrogen and oxygen atoms in total. The largest absolute Gasteiger partial charge is 0.456 e. The molecule has 2 heterocycles. The van der Waals surface area contributed by atoms with Crippen molar-refractivity contribution in [3.8, 4) is 11.5 Å². The minimum absolute atomic E-state index is 0.0369. The average molecular weight is 461 g/mol. The molecule has 154 valence electrons. The Labute approximate surface area is 188 Å². The van der Waals surface area contributed by atoms with Crippen LogP contribution >= 0.6 is 35.6 Å². The van der Waals surface area contributed by atoms with Gasteiger partial charge in [-0.15, -0.1) is 0 Å². The van der Waals surface area contributed by atoms with Crippen LogP contribution in [0.2, 0.25) is 5.02 Å². The lowest BCUT2D eigenvalue weighted by Gasteiger charge is -2.16. The number of nitrogens with zero attached hydrogens (tertiary/aromatic N) is 1. The topological polar surface area (TPSA) is 67.9 Å². The zero-order valence-electron chi connectivity index (χ0n) is 15.9. The second kappa shape index (κ2) is 8.67. The van der Waals surface area contributed by atoms with Gasteiger partial charge in [0.05, 0.1) is 16.0 Å². The predicted octanol–water partition coefficient (Wildman–Crippen LogP) is 4.61. The first-order valence-corrected chi connectivity index (χ1v) is 10.7. The van der Waals surface area contributed by atoms with Gasteiger partial charge in [0.2, 0.25) is 0 Å². The Hall–Kier alpha value is -2.55. The predicted molar refractivity (Wildman–Crippen MR) is 121 cm³/mol. The molecular weight excluding hydrogens is 444 g/mol. The highest BCUT2D eigenvalue weighted by molar-refractivity contribution is 8.26. The van der Waals surface area contributed by atoms with Gasteiger partial charge in [0.25, 0.3) is 5.91 Å². The Balaban J connectivity index is 1.42. The fourth-order valence-electron chi connectivity index (χ4n) is 3.08. The maximum Gasteiger partial charge on any atom is 0.409 e. The zero-order valence-corrected chi connectivity index (χ0v) is 18.3. The van der Waals surface area contributed by atoms with Crippen molar-refractivity contribution < 1.29 is 19.1 Å². The summed E-state index contributed by atoms with van der Waals surface area (Å²) in [7, 11) is 1.74. The molecule has 0 radical (unpaired) electrons. The van der Waals surface area contributed by atoms with Crippen molar-refractivity contribution >= 4 is 58.0 Å². The maximum atomic E-state index is 11.8. The van der Waals surface area contributed by atoms with Gasteiger partial charge >= 0.3 is 6.09 Å². The first-order chi connectivity index (χ1) is 14.4. The number of hydrogen-bond acceptors (Lipinski definition) is 6. The first kappa shape index (κ1) is 20.7. The van der Waals surface area contributed by atoms with E-state index in [4.69, 9.17) is 33.3 Å². The molecule has 2 fully saturated rings. The Bertz CT molecular complexity index is 1060. The Kier molecular flexibility index (Phi) is 5.99. The molecule has 0 aliphatic carbocycles. The molecule has 30 heavy (non-hydrogen) atoms. The third-order valence-electron chi connectivity index (χ3n) is 4.75. The van der Waals surface area contributed by atoms with Gasteiger partial charge < -0.3 is 19.7 Å². The van der Waals surface area contributed by atoms with Crippen LogP contribution in [0.25, 0.3) is 6.08 Å². The number of nitrogens with one attached hydrogen (secondary N) is 1. The number of thiocarbonyl (C=S) groups is 1. The number of hydrogen-bond donors (Lipinski definition) is 1. The van der Waals surface area contributed by atoms with Crippen molar-refractivity contribution in [2.45, 2.75) is 12.5 Å². The molecule has 2 amide bonds. The molecule has 4 rings (SSSR count). The van der Waals surface area contributed by atoms with Crippen molar-refractivity contribution in [2.75, 3.05) is 13.7 Å². The molecule has 0 spiro atoms. The highest BCUT2D eigenvalue weighted by Gasteiger charge is 2.29. The van der Waals surface area contributed by atoms with Crippen molar-refractivity contribution in [3.05, 3.63) is 63.5 Å². The van der Waals surface area contributed by atoms with Crippen LogP contribution in [0.1, 0.15) is 11.1 Å². The summed E-state index contributed by atoms with van der Waals surface area (Å²) >= 11 is 12.6. The Morgan fingerprint density at radius 3 is 2.67 bits per heavy atom. The van der Waals surface area contributed by atoms with Crippen LogP contribution in [0, 0.1) is 0 Å². The summed E-state index contributed by atoms with van der Waals surface area (Å²) in [4.78, 5) is 25.4. The molecule has 1 N–H and O–H groups in total. The van der Waals surface area contributed by atoms with Crippen molar-refractivity contribution in [1.82, 2.24) is 10.2 Å². The lowest BCUT2D eigenvalue weighted by molar-refractivity contribution is -0.115. The van der Waals surface area contributed by atoms with E-state index in [9.17, 15) is 9.59 Å². The number of rotatable bonds is 5. The summed E-state index contributed by atoms with van der Waals surface area (Å²) < 4.78 is 11.4. The number of cyclic esters (lactones) is 1. The second-order valence-electron chi connectivity index (χ2n) is 6.83. The molecule has 2 aliphatic rings. The van der Waals surface area contributed by atoms with E-state index in [1.54, 1.807) is 30.2 Å². The molecule has 2 saturated heterocycles. The van der Waals surface area contributed by atoms with Gasteiger partial charge in [-0.05, 0) is 47.9 Å². The average Bonchev–Trinajstić information content (AvgIpc) is 3.20. The standard InChI is InChI=1S/C21H17ClN2O4S2/c1-24-14(11-27-21(24)26)8-12-2-5-15(6-3-12)28-17-7-4-13(9-16(17)22)10-18-19(25)23-20(29)30-18/h2-7,9-10,14H,8,11H2,1H3,(H,23,25,29)/b18-10+. The fourth-order valence-corrected chi connectivity index (χ4v) is 4.35. The number of likely N-dealkylation sites (N-methyl/N-ethyl adjacent to an activating group) is 1. The van der Waals surface area contributed by atoms with E-state index in [0.29, 0.717) is 38.8 Å². The van der Waals surface area contributed by atoms with Gasteiger partial charge in [-0.1, -0.05) is 53.8 Å². The maximum absolute atomic E-state index is 11.8. The van der Waals surface area contributed by atoms with Crippen molar-refractivity contribution in [3.63, 3.8) is 0 Å². The van der Waals surface area contributed by atoms with E-state index >= 15 is 0 Å². The van der Waals surface area contributed by atoms with Crippen LogP contribution in [0.15, 0.2) is 47.4 Å². The molecule has 0 saturated carbocycles. The van der Waals surface area contributed by atoms with E-state index in [0.717, 1.165) is 11.1 Å². The van der Waals surface area contributed by atoms with Crippen LogP contribution in [-0.2, 0) is 16.0 Å². The molecule has 2 aliphatic heterocycles. The molecular formula is C21H17ClN2O4S2. The van der Waals surface area contributed by atoms with E-state index in [-0.39, 0.29) is 18.0 Å². The van der Waals surface area contributed by atoms with Crippen LogP contribution in [0.3, 0.4) is 0 Å². The van der Waals surface area contributed by atoms with Crippen LogP contribution in [0.5, 0.6) is 11.5 Å². The summed E-state index contributed by atoms with van der Waals surface area (Å²) in [5.74, 6) is 0.955. The highest BCUT2D eigenvalue weighted by atomic mass is 35.5. The number of benzene rings is 2. The highest BCUT2D eigenvalue weighted by Crippen LogP contribution is 2.32. The van der Waals surface area contributed by atoms with Crippen molar-refractivity contribution in [1.29, 1.82) is 0 Å². The number of carbonyl (C=O) groups is 2. The number of carbonyl (C=O) groups excluding carboxylic acids is 2. The van der Waals surface area contributed by atoms with Gasteiger partial charge in [-0.25, -0.2) is 4.79 Å². The molecule has 2 aromatic carbocycles. The quantitative estimate of drug-likeness (QED) is 0.519. The van der Waals surface area contributed by atoms with E-state index in [2.05, 4.69) is 5.32 Å². The second-order valence-corrected chi connectivity index (χ2v) is 8.96. The van der Waals surface area contributed by atoms with Crippen molar-refractivity contribution in [2.24, 2.45) is 0 Å².